The van der Waals surface area contributed by atoms with Gasteiger partial charge >= 0.3 is 0 Å². The van der Waals surface area contributed by atoms with Crippen LogP contribution in [0.5, 0.6) is 0 Å². The third kappa shape index (κ3) is 1.31. The maximum atomic E-state index is 6.20. The van der Waals surface area contributed by atoms with Gasteiger partial charge in [0.15, 0.2) is 5.79 Å². The van der Waals surface area contributed by atoms with E-state index in [1.807, 2.05) is 0 Å². The Balaban J connectivity index is 1.74. The largest absolute Gasteiger partial charge is 0.344 e. The molecule has 1 spiro atoms. The van der Waals surface area contributed by atoms with E-state index in [9.17, 15) is 0 Å². The Morgan fingerprint density at radius 1 is 1.00 bits per heavy atom. The number of rotatable bonds is 0. The van der Waals surface area contributed by atoms with Crippen molar-refractivity contribution in [3.8, 4) is 0 Å². The zero-order valence-corrected chi connectivity index (χ0v) is 9.00. The van der Waals surface area contributed by atoms with Crippen LogP contribution in [0.15, 0.2) is 0 Å². The summed E-state index contributed by atoms with van der Waals surface area (Å²) in [5.74, 6) is 0.559. The summed E-state index contributed by atoms with van der Waals surface area (Å²) in [5.41, 5.74) is 0. The third-order valence-corrected chi connectivity index (χ3v) is 4.17. The molecule has 1 heterocycles. The highest BCUT2D eigenvalue weighted by molar-refractivity contribution is 4.94. The number of hydrogen-bond acceptors (Lipinski definition) is 2. The van der Waals surface area contributed by atoms with Gasteiger partial charge in [0.05, 0.1) is 12.2 Å². The van der Waals surface area contributed by atoms with E-state index in [-0.39, 0.29) is 5.79 Å². The van der Waals surface area contributed by atoms with Crippen LogP contribution in [-0.4, -0.2) is 18.0 Å². The highest BCUT2D eigenvalue weighted by atomic mass is 16.8. The van der Waals surface area contributed by atoms with Gasteiger partial charge < -0.3 is 9.47 Å². The summed E-state index contributed by atoms with van der Waals surface area (Å²) < 4.78 is 12.4. The van der Waals surface area contributed by atoms with Gasteiger partial charge in [-0.1, -0.05) is 13.3 Å². The normalized spacial score (nSPS) is 45.6. The molecule has 0 bridgehead atoms. The van der Waals surface area contributed by atoms with Gasteiger partial charge in [0.2, 0.25) is 0 Å². The predicted octanol–water partition coefficient (Wildman–Crippen LogP) is 2.86. The quantitative estimate of drug-likeness (QED) is 0.593. The van der Waals surface area contributed by atoms with Crippen LogP contribution < -0.4 is 0 Å². The molecule has 2 heteroatoms. The summed E-state index contributed by atoms with van der Waals surface area (Å²) in [6.45, 7) is 2.30. The molecule has 3 unspecified atom stereocenters. The van der Waals surface area contributed by atoms with Crippen molar-refractivity contribution in [3.63, 3.8) is 0 Å². The van der Waals surface area contributed by atoms with Crippen molar-refractivity contribution in [1.82, 2.24) is 0 Å². The van der Waals surface area contributed by atoms with Gasteiger partial charge in [-0.05, 0) is 31.6 Å². The SMILES string of the molecule is CC1CCC2OC3(CCCCC3)OC12. The lowest BCUT2D eigenvalue weighted by Crippen LogP contribution is -2.34. The maximum Gasteiger partial charge on any atom is 0.169 e. The second kappa shape index (κ2) is 3.21. The summed E-state index contributed by atoms with van der Waals surface area (Å²) in [5, 5.41) is 0. The van der Waals surface area contributed by atoms with E-state index in [1.54, 1.807) is 0 Å². The monoisotopic (exact) mass is 196 g/mol. The van der Waals surface area contributed by atoms with Crippen LogP contribution in [0.2, 0.25) is 0 Å². The molecule has 2 nitrogen and oxygen atoms in total. The van der Waals surface area contributed by atoms with Crippen LogP contribution in [0, 0.1) is 5.92 Å². The van der Waals surface area contributed by atoms with Gasteiger partial charge in [-0.3, -0.25) is 0 Å². The summed E-state index contributed by atoms with van der Waals surface area (Å²) >= 11 is 0. The number of fused-ring (bicyclic) bond motifs is 1. The Morgan fingerprint density at radius 2 is 1.79 bits per heavy atom. The molecular formula is C12H20O2. The third-order valence-electron chi connectivity index (χ3n) is 4.17. The second-order valence-corrected chi connectivity index (χ2v) is 5.26. The second-order valence-electron chi connectivity index (χ2n) is 5.26. The van der Waals surface area contributed by atoms with Gasteiger partial charge in [0.1, 0.15) is 0 Å². The van der Waals surface area contributed by atoms with E-state index in [0.29, 0.717) is 18.1 Å². The van der Waals surface area contributed by atoms with Crippen molar-refractivity contribution in [1.29, 1.82) is 0 Å². The van der Waals surface area contributed by atoms with Crippen LogP contribution in [0.3, 0.4) is 0 Å². The standard InChI is InChI=1S/C12H20O2/c1-9-5-6-10-11(9)14-12(13-10)7-3-2-4-8-12/h9-11H,2-8H2,1H3. The minimum absolute atomic E-state index is 0.151. The van der Waals surface area contributed by atoms with Crippen LogP contribution in [0.1, 0.15) is 51.9 Å². The molecule has 0 aromatic carbocycles. The molecule has 2 aliphatic carbocycles. The molecule has 1 aliphatic heterocycles. The summed E-state index contributed by atoms with van der Waals surface area (Å²) in [6.07, 6.45) is 9.52. The van der Waals surface area contributed by atoms with E-state index in [1.165, 1.54) is 32.1 Å². The van der Waals surface area contributed by atoms with Crippen molar-refractivity contribution in [3.05, 3.63) is 0 Å². The van der Waals surface area contributed by atoms with Crippen molar-refractivity contribution < 1.29 is 9.47 Å². The lowest BCUT2D eigenvalue weighted by Gasteiger charge is -2.33. The number of hydrogen-bond donors (Lipinski definition) is 0. The zero-order valence-electron chi connectivity index (χ0n) is 9.00. The molecule has 3 fully saturated rings. The van der Waals surface area contributed by atoms with Gasteiger partial charge in [0.25, 0.3) is 0 Å². The van der Waals surface area contributed by atoms with Crippen LogP contribution >= 0.6 is 0 Å². The maximum absolute atomic E-state index is 6.20. The first-order valence-corrected chi connectivity index (χ1v) is 6.15. The van der Waals surface area contributed by atoms with Crippen LogP contribution in [-0.2, 0) is 9.47 Å². The zero-order chi connectivity index (χ0) is 9.60. The Kier molecular flexibility index (Phi) is 2.10. The predicted molar refractivity (Wildman–Crippen MR) is 54.0 cm³/mol. The van der Waals surface area contributed by atoms with Crippen molar-refractivity contribution in [2.75, 3.05) is 0 Å². The average Bonchev–Trinajstić information content (AvgIpc) is 2.68. The summed E-state index contributed by atoms with van der Waals surface area (Å²) in [7, 11) is 0. The van der Waals surface area contributed by atoms with Crippen LogP contribution in [0.4, 0.5) is 0 Å². The Labute approximate surface area is 86.0 Å². The van der Waals surface area contributed by atoms with Gasteiger partial charge in [-0.2, -0.15) is 0 Å². The van der Waals surface area contributed by atoms with Gasteiger partial charge in [-0.25, -0.2) is 0 Å². The van der Waals surface area contributed by atoms with Crippen molar-refractivity contribution >= 4 is 0 Å². The minimum Gasteiger partial charge on any atom is -0.344 e. The fourth-order valence-corrected chi connectivity index (χ4v) is 3.32. The molecule has 3 rings (SSSR count). The molecule has 2 saturated carbocycles. The van der Waals surface area contributed by atoms with Gasteiger partial charge in [0, 0.05) is 12.8 Å². The van der Waals surface area contributed by atoms with E-state index in [2.05, 4.69) is 6.92 Å². The van der Waals surface area contributed by atoms with E-state index < -0.39 is 0 Å². The fraction of sp³-hybridized carbons (Fsp3) is 1.00. The average molecular weight is 196 g/mol. The fourth-order valence-electron chi connectivity index (χ4n) is 3.32. The molecule has 0 N–H and O–H groups in total. The Morgan fingerprint density at radius 3 is 2.50 bits per heavy atom. The van der Waals surface area contributed by atoms with Crippen molar-refractivity contribution in [2.24, 2.45) is 5.92 Å². The molecular weight excluding hydrogens is 176 g/mol. The molecule has 0 radical (unpaired) electrons. The molecule has 80 valence electrons. The minimum atomic E-state index is -0.151. The van der Waals surface area contributed by atoms with Crippen molar-refractivity contribution in [2.45, 2.75) is 69.9 Å². The summed E-state index contributed by atoms with van der Waals surface area (Å²) in [4.78, 5) is 0. The van der Waals surface area contributed by atoms with E-state index >= 15 is 0 Å². The molecule has 0 aromatic heterocycles. The number of ether oxygens (including phenoxy) is 2. The molecule has 1 saturated heterocycles. The first kappa shape index (κ1) is 9.17. The smallest absolute Gasteiger partial charge is 0.169 e. The lowest BCUT2D eigenvalue weighted by atomic mass is 9.94. The lowest BCUT2D eigenvalue weighted by molar-refractivity contribution is -0.201. The highest BCUT2D eigenvalue weighted by Crippen LogP contribution is 2.47. The Bertz CT molecular complexity index is 220. The molecule has 14 heavy (non-hydrogen) atoms. The molecule has 0 aromatic rings. The summed E-state index contributed by atoms with van der Waals surface area (Å²) in [6, 6.07) is 0. The molecule has 3 aliphatic rings. The van der Waals surface area contributed by atoms with Gasteiger partial charge in [-0.15, -0.1) is 0 Å². The molecule has 3 atom stereocenters. The molecule has 0 amide bonds. The van der Waals surface area contributed by atoms with E-state index in [4.69, 9.17) is 9.47 Å². The van der Waals surface area contributed by atoms with E-state index in [0.717, 1.165) is 12.8 Å². The first-order chi connectivity index (χ1) is 6.79. The topological polar surface area (TPSA) is 18.5 Å². The highest BCUT2D eigenvalue weighted by Gasteiger charge is 2.51. The first-order valence-electron chi connectivity index (χ1n) is 6.15. The Hall–Kier alpha value is -0.0800. The van der Waals surface area contributed by atoms with Crippen LogP contribution in [0.25, 0.3) is 0 Å².